The molecule has 3 heterocycles. The van der Waals surface area contributed by atoms with Gasteiger partial charge in [0.15, 0.2) is 0 Å². The van der Waals surface area contributed by atoms with Crippen molar-refractivity contribution in [2.75, 3.05) is 26.4 Å². The Bertz CT molecular complexity index is 316. The molecule has 0 radical (unpaired) electrons. The molecule has 3 rings (SSSR count). The average molecular weight is 268 g/mol. The van der Waals surface area contributed by atoms with Gasteiger partial charge in [-0.05, 0) is 32.1 Å². The summed E-state index contributed by atoms with van der Waals surface area (Å²) in [4.78, 5) is 12.3. The molecule has 3 saturated heterocycles. The maximum Gasteiger partial charge on any atom is 0.136 e. The second-order valence-corrected chi connectivity index (χ2v) is 6.16. The third-order valence-corrected chi connectivity index (χ3v) is 4.75. The number of carbonyl (C=O) groups is 1. The third-order valence-electron chi connectivity index (χ3n) is 4.75. The Balaban J connectivity index is 1.48. The summed E-state index contributed by atoms with van der Waals surface area (Å²) in [6, 6.07) is 0. The summed E-state index contributed by atoms with van der Waals surface area (Å²) in [5, 5.41) is 0. The van der Waals surface area contributed by atoms with Gasteiger partial charge in [-0.2, -0.15) is 0 Å². The highest BCUT2D eigenvalue weighted by atomic mass is 16.6. The molecule has 3 unspecified atom stereocenters. The van der Waals surface area contributed by atoms with E-state index in [0.29, 0.717) is 31.5 Å². The number of Topliss-reactive ketones (excluding diaryl/α,β-unsaturated/α-hetero) is 1. The van der Waals surface area contributed by atoms with E-state index in [1.54, 1.807) is 0 Å². The van der Waals surface area contributed by atoms with Gasteiger partial charge in [0.1, 0.15) is 5.78 Å². The van der Waals surface area contributed by atoms with Crippen LogP contribution in [-0.4, -0.2) is 43.9 Å². The van der Waals surface area contributed by atoms with E-state index in [4.69, 9.17) is 14.2 Å². The van der Waals surface area contributed by atoms with Crippen molar-refractivity contribution in [3.63, 3.8) is 0 Å². The van der Waals surface area contributed by atoms with Crippen LogP contribution in [0, 0.1) is 5.92 Å². The number of ether oxygens (including phenoxy) is 3. The fourth-order valence-electron chi connectivity index (χ4n) is 3.55. The molecule has 3 atom stereocenters. The molecule has 0 aromatic heterocycles. The summed E-state index contributed by atoms with van der Waals surface area (Å²) in [5.74, 6) is 0.585. The molecule has 3 aliphatic heterocycles. The molecule has 4 nitrogen and oxygen atoms in total. The van der Waals surface area contributed by atoms with Crippen LogP contribution in [0.4, 0.5) is 0 Å². The molecule has 19 heavy (non-hydrogen) atoms. The zero-order chi connectivity index (χ0) is 13.1. The van der Waals surface area contributed by atoms with Crippen LogP contribution in [0.25, 0.3) is 0 Å². The van der Waals surface area contributed by atoms with Crippen molar-refractivity contribution >= 4 is 5.78 Å². The van der Waals surface area contributed by atoms with Crippen molar-refractivity contribution in [2.24, 2.45) is 5.92 Å². The van der Waals surface area contributed by atoms with Crippen LogP contribution in [0.5, 0.6) is 0 Å². The monoisotopic (exact) mass is 268 g/mol. The van der Waals surface area contributed by atoms with Gasteiger partial charge in [0, 0.05) is 38.6 Å². The number of ketones is 1. The van der Waals surface area contributed by atoms with Gasteiger partial charge < -0.3 is 14.2 Å². The van der Waals surface area contributed by atoms with Crippen LogP contribution in [0.15, 0.2) is 0 Å². The van der Waals surface area contributed by atoms with Gasteiger partial charge in [-0.1, -0.05) is 0 Å². The lowest BCUT2D eigenvalue weighted by atomic mass is 9.81. The summed E-state index contributed by atoms with van der Waals surface area (Å²) in [6.07, 6.45) is 6.86. The van der Waals surface area contributed by atoms with Gasteiger partial charge in [0.25, 0.3) is 0 Å². The third kappa shape index (κ3) is 3.18. The zero-order valence-corrected chi connectivity index (χ0v) is 11.6. The lowest BCUT2D eigenvalue weighted by Gasteiger charge is -2.36. The normalized spacial score (nSPS) is 38.9. The predicted octanol–water partition coefficient (Wildman–Crippen LogP) is 2.10. The molecule has 108 valence electrons. The molecule has 0 aliphatic carbocycles. The molecule has 0 N–H and O–H groups in total. The summed E-state index contributed by atoms with van der Waals surface area (Å²) in [6.45, 7) is 3.02. The zero-order valence-electron chi connectivity index (χ0n) is 11.6. The number of hydrogen-bond acceptors (Lipinski definition) is 4. The number of carbonyl (C=O) groups excluding carboxylic acids is 1. The van der Waals surface area contributed by atoms with Crippen LogP contribution in [0.3, 0.4) is 0 Å². The molecule has 0 aromatic carbocycles. The van der Waals surface area contributed by atoms with E-state index in [2.05, 4.69) is 0 Å². The predicted molar refractivity (Wildman–Crippen MR) is 70.1 cm³/mol. The number of rotatable bonds is 4. The molecular weight excluding hydrogens is 244 g/mol. The van der Waals surface area contributed by atoms with Gasteiger partial charge >= 0.3 is 0 Å². The second-order valence-electron chi connectivity index (χ2n) is 6.16. The van der Waals surface area contributed by atoms with E-state index in [1.165, 1.54) is 0 Å². The highest BCUT2D eigenvalue weighted by molar-refractivity contribution is 5.81. The van der Waals surface area contributed by atoms with E-state index in [9.17, 15) is 4.79 Å². The first-order valence-electron chi connectivity index (χ1n) is 7.63. The van der Waals surface area contributed by atoms with Crippen LogP contribution in [-0.2, 0) is 19.0 Å². The van der Waals surface area contributed by atoms with Crippen molar-refractivity contribution in [2.45, 2.75) is 56.7 Å². The Morgan fingerprint density at radius 1 is 1.21 bits per heavy atom. The first-order chi connectivity index (χ1) is 9.27. The van der Waals surface area contributed by atoms with Crippen LogP contribution in [0.2, 0.25) is 0 Å². The maximum atomic E-state index is 12.3. The van der Waals surface area contributed by atoms with Crippen molar-refractivity contribution in [3.05, 3.63) is 0 Å². The van der Waals surface area contributed by atoms with Crippen molar-refractivity contribution in [1.82, 2.24) is 0 Å². The van der Waals surface area contributed by atoms with Crippen LogP contribution >= 0.6 is 0 Å². The summed E-state index contributed by atoms with van der Waals surface area (Å²) < 4.78 is 16.9. The minimum Gasteiger partial charge on any atom is -0.378 e. The van der Waals surface area contributed by atoms with E-state index < -0.39 is 0 Å². The largest absolute Gasteiger partial charge is 0.378 e. The molecular formula is C15H24O4. The lowest BCUT2D eigenvalue weighted by Crippen LogP contribution is -2.42. The van der Waals surface area contributed by atoms with Gasteiger partial charge in [-0.15, -0.1) is 0 Å². The number of hydrogen-bond donors (Lipinski definition) is 0. The Hall–Kier alpha value is -0.450. The highest BCUT2D eigenvalue weighted by Crippen LogP contribution is 2.36. The Morgan fingerprint density at radius 3 is 2.89 bits per heavy atom. The minimum absolute atomic E-state index is 0.150. The highest BCUT2D eigenvalue weighted by Gasteiger charge is 2.42. The van der Waals surface area contributed by atoms with Crippen LogP contribution < -0.4 is 0 Å². The van der Waals surface area contributed by atoms with E-state index in [-0.39, 0.29) is 11.5 Å². The van der Waals surface area contributed by atoms with Crippen molar-refractivity contribution < 1.29 is 19.0 Å². The topological polar surface area (TPSA) is 44.8 Å². The Morgan fingerprint density at radius 2 is 2.16 bits per heavy atom. The molecule has 4 heteroatoms. The molecule has 3 fully saturated rings. The van der Waals surface area contributed by atoms with Gasteiger partial charge in [-0.3, -0.25) is 4.79 Å². The van der Waals surface area contributed by atoms with Gasteiger partial charge in [-0.25, -0.2) is 0 Å². The summed E-state index contributed by atoms with van der Waals surface area (Å²) in [7, 11) is 0. The first kappa shape index (κ1) is 13.5. The molecule has 0 aromatic rings. The summed E-state index contributed by atoms with van der Waals surface area (Å²) >= 11 is 0. The SMILES string of the molecule is O=C(CCC1CCCO1)C1CCOC2(CCOC2)C1. The fraction of sp³-hybridized carbons (Fsp3) is 0.933. The second kappa shape index (κ2) is 5.90. The van der Waals surface area contributed by atoms with E-state index in [1.807, 2.05) is 0 Å². The van der Waals surface area contributed by atoms with Crippen LogP contribution in [0.1, 0.15) is 44.9 Å². The van der Waals surface area contributed by atoms with Gasteiger partial charge in [0.05, 0.1) is 18.3 Å². The maximum absolute atomic E-state index is 12.3. The molecule has 0 amide bonds. The summed E-state index contributed by atoms with van der Waals surface area (Å²) in [5.41, 5.74) is -0.150. The lowest BCUT2D eigenvalue weighted by molar-refractivity contribution is -0.137. The molecule has 1 spiro atoms. The Kier molecular flexibility index (Phi) is 4.20. The van der Waals surface area contributed by atoms with Crippen molar-refractivity contribution in [1.29, 1.82) is 0 Å². The van der Waals surface area contributed by atoms with Crippen molar-refractivity contribution in [3.8, 4) is 0 Å². The van der Waals surface area contributed by atoms with Gasteiger partial charge in [0.2, 0.25) is 0 Å². The van der Waals surface area contributed by atoms with E-state index >= 15 is 0 Å². The standard InChI is InChI=1S/C15H24O4/c16-14(4-3-13-2-1-7-18-13)12-5-8-19-15(10-12)6-9-17-11-15/h12-13H,1-11H2. The van der Waals surface area contributed by atoms with E-state index in [0.717, 1.165) is 51.7 Å². The molecule has 0 saturated carbocycles. The minimum atomic E-state index is -0.150. The quantitative estimate of drug-likeness (QED) is 0.783. The average Bonchev–Trinajstić information content (AvgIpc) is 3.08. The molecule has 0 bridgehead atoms. The molecule has 3 aliphatic rings. The first-order valence-corrected chi connectivity index (χ1v) is 7.63. The fourth-order valence-corrected chi connectivity index (χ4v) is 3.55. The Labute approximate surface area is 114 Å². The smallest absolute Gasteiger partial charge is 0.136 e.